The fourth-order valence-corrected chi connectivity index (χ4v) is 5.57. The third-order valence-corrected chi connectivity index (χ3v) is 7.86. The lowest BCUT2D eigenvalue weighted by Crippen LogP contribution is -2.51. The van der Waals surface area contributed by atoms with E-state index in [1.165, 1.54) is 10.9 Å². The highest BCUT2D eigenvalue weighted by molar-refractivity contribution is 7.65. The molecule has 0 bridgehead atoms. The second-order valence-electron chi connectivity index (χ2n) is 7.13. The normalized spacial score (nSPS) is 25.4. The number of phosphoric acid groups is 3. The summed E-state index contributed by atoms with van der Waals surface area (Å²) in [5.41, 5.74) is 12.7. The molecule has 22 nitrogen and oxygen atoms in total. The molecule has 0 aliphatic carbocycles. The molecule has 3 unspecified atom stereocenters. The van der Waals surface area contributed by atoms with E-state index in [1.807, 2.05) is 0 Å². The summed E-state index contributed by atoms with van der Waals surface area (Å²) in [5, 5.41) is 36.0. The Morgan fingerprint density at radius 2 is 1.59 bits per heavy atom. The number of aromatic nitrogens is 4. The molecule has 3 heterocycles. The fourth-order valence-electron chi connectivity index (χ4n) is 2.61. The number of imidazole rings is 1. The molecular weight excluding hydrogens is 599 g/mol. The molecular formula is C14H30N7O15P3. The number of anilines is 1. The molecule has 39 heavy (non-hydrogen) atoms. The van der Waals surface area contributed by atoms with Crippen LogP contribution >= 0.6 is 23.5 Å². The molecule has 0 amide bonds. The first-order valence-corrected chi connectivity index (χ1v) is 15.0. The van der Waals surface area contributed by atoms with Crippen LogP contribution in [-0.4, -0.2) is 101 Å². The molecule has 2 aromatic rings. The van der Waals surface area contributed by atoms with Gasteiger partial charge >= 0.3 is 7.82 Å². The Kier molecular flexibility index (Phi) is 14.1. The van der Waals surface area contributed by atoms with E-state index < -0.39 is 54.6 Å². The minimum Gasteiger partial charge on any atom is -0.756 e. The Labute approximate surface area is 219 Å². The van der Waals surface area contributed by atoms with Crippen LogP contribution in [0.15, 0.2) is 12.7 Å². The Bertz CT molecular complexity index is 1170. The van der Waals surface area contributed by atoms with Crippen molar-refractivity contribution in [3.63, 3.8) is 0 Å². The SMILES string of the molecule is Nc1ncnc2c1ncn2[C@@H]1O[C@H](COP(=O)([O-])OP(=O)(O)OP(=O)([O-])O)[C@@H](O)[C@H]1O.[NH3+]CCO.[NH3+]CCO. The number of quaternary nitrogens is 2. The Balaban J connectivity index is 0.000000838. The summed E-state index contributed by atoms with van der Waals surface area (Å²) >= 11 is 0. The van der Waals surface area contributed by atoms with Crippen LogP contribution in [0.5, 0.6) is 0 Å². The van der Waals surface area contributed by atoms with Crippen LogP contribution in [-0.2, 0) is 31.6 Å². The Hall–Kier alpha value is -1.52. The van der Waals surface area contributed by atoms with Crippen LogP contribution in [0.3, 0.4) is 0 Å². The number of ether oxygens (including phenoxy) is 1. The molecule has 1 aliphatic rings. The van der Waals surface area contributed by atoms with E-state index in [4.69, 9.17) is 30.5 Å². The Morgan fingerprint density at radius 3 is 2.10 bits per heavy atom. The van der Waals surface area contributed by atoms with Crippen LogP contribution in [0.4, 0.5) is 5.82 Å². The minimum atomic E-state index is -5.83. The van der Waals surface area contributed by atoms with Crippen molar-refractivity contribution in [3.8, 4) is 0 Å². The molecule has 0 aromatic carbocycles. The fraction of sp³-hybridized carbons (Fsp3) is 0.643. The molecule has 0 spiro atoms. The lowest BCUT2D eigenvalue weighted by molar-refractivity contribution is -0.372. The smallest absolute Gasteiger partial charge is 0.485 e. The largest absolute Gasteiger partial charge is 0.756 e. The van der Waals surface area contributed by atoms with Crippen molar-refractivity contribution < 1.29 is 83.0 Å². The van der Waals surface area contributed by atoms with Crippen molar-refractivity contribution in [2.24, 2.45) is 0 Å². The average Bonchev–Trinajstić information content (AvgIpc) is 3.37. The van der Waals surface area contributed by atoms with E-state index in [0.29, 0.717) is 13.1 Å². The Morgan fingerprint density at radius 1 is 1.03 bits per heavy atom. The summed E-state index contributed by atoms with van der Waals surface area (Å²) in [7, 11) is -17.4. The lowest BCUT2D eigenvalue weighted by Gasteiger charge is -2.27. The second kappa shape index (κ2) is 15.5. The summed E-state index contributed by atoms with van der Waals surface area (Å²) < 4.78 is 51.0. The molecule has 1 fully saturated rings. The van der Waals surface area contributed by atoms with Crippen LogP contribution < -0.4 is 27.0 Å². The summed E-state index contributed by atoms with van der Waals surface area (Å²) in [5.74, 6) is 0.0299. The predicted molar refractivity (Wildman–Crippen MR) is 121 cm³/mol. The second-order valence-corrected chi connectivity index (χ2v) is 11.5. The van der Waals surface area contributed by atoms with Gasteiger partial charge in [-0.3, -0.25) is 13.7 Å². The molecule has 1 aliphatic heterocycles. The van der Waals surface area contributed by atoms with Crippen LogP contribution in [0.25, 0.3) is 11.2 Å². The van der Waals surface area contributed by atoms with Gasteiger partial charge in [-0.25, -0.2) is 28.1 Å². The zero-order valence-corrected chi connectivity index (χ0v) is 22.7. The molecule has 1 saturated heterocycles. The number of aliphatic hydroxyl groups is 4. The third-order valence-electron chi connectivity index (χ3n) is 4.12. The van der Waals surface area contributed by atoms with Crippen molar-refractivity contribution in [1.29, 1.82) is 0 Å². The minimum absolute atomic E-state index is 0.0299. The van der Waals surface area contributed by atoms with Crippen molar-refractivity contribution in [1.82, 2.24) is 19.5 Å². The highest BCUT2D eigenvalue weighted by atomic mass is 31.3. The van der Waals surface area contributed by atoms with Gasteiger partial charge in [-0.15, -0.1) is 0 Å². The van der Waals surface area contributed by atoms with Gasteiger partial charge in [-0.1, -0.05) is 0 Å². The topological polar surface area (TPSA) is 381 Å². The van der Waals surface area contributed by atoms with Gasteiger partial charge in [0.25, 0.3) is 15.6 Å². The molecule has 0 radical (unpaired) electrons. The van der Waals surface area contributed by atoms with Gasteiger partial charge < -0.3 is 66.5 Å². The average molecular weight is 629 g/mol. The summed E-state index contributed by atoms with van der Waals surface area (Å²) in [6.45, 7) is 0.632. The number of aliphatic hydroxyl groups excluding tert-OH is 4. The van der Waals surface area contributed by atoms with Gasteiger partial charge in [-0.2, -0.15) is 0 Å². The number of fused-ring (bicyclic) bond motifs is 1. The van der Waals surface area contributed by atoms with Crippen LogP contribution in [0.2, 0.25) is 0 Å². The quantitative estimate of drug-likeness (QED) is 0.110. The maximum Gasteiger partial charge on any atom is 0.485 e. The van der Waals surface area contributed by atoms with E-state index in [2.05, 4.69) is 39.6 Å². The first-order valence-electron chi connectivity index (χ1n) is 10.5. The van der Waals surface area contributed by atoms with E-state index in [9.17, 15) is 33.7 Å². The van der Waals surface area contributed by atoms with Crippen LogP contribution in [0, 0.1) is 0 Å². The van der Waals surface area contributed by atoms with E-state index in [0.717, 1.165) is 6.33 Å². The number of rotatable bonds is 10. The van der Waals surface area contributed by atoms with Crippen molar-refractivity contribution in [2.75, 3.05) is 38.6 Å². The number of nitrogen functional groups attached to an aromatic ring is 1. The monoisotopic (exact) mass is 629 g/mol. The van der Waals surface area contributed by atoms with E-state index in [1.54, 1.807) is 0 Å². The zero-order chi connectivity index (χ0) is 30.0. The first kappa shape index (κ1) is 35.5. The number of nitrogens with two attached hydrogens (primary N) is 1. The van der Waals surface area contributed by atoms with Crippen LogP contribution in [0.1, 0.15) is 6.23 Å². The van der Waals surface area contributed by atoms with E-state index >= 15 is 0 Å². The number of hydrogen-bond donors (Lipinski definition) is 9. The predicted octanol–water partition coefficient (Wildman–Crippen LogP) is -6.45. The van der Waals surface area contributed by atoms with Gasteiger partial charge in [0, 0.05) is 0 Å². The molecule has 3 rings (SSSR count). The maximum absolute atomic E-state index is 11.7. The molecule has 7 atom stereocenters. The van der Waals surface area contributed by atoms with E-state index in [-0.39, 0.29) is 30.2 Å². The van der Waals surface area contributed by atoms with Gasteiger partial charge in [0.2, 0.25) is 0 Å². The summed E-state index contributed by atoms with van der Waals surface area (Å²) in [6.07, 6.45) is -3.87. The third kappa shape index (κ3) is 11.5. The standard InChI is InChI=1S/C10H16N5O13P3.2C2H7NO/c11-8-5-9(13-2-12-8)15(3-14-5)10-7(17)6(16)4(26-10)1-25-30(21,22)28-31(23,24)27-29(18,19)20;2*3-1-2-4/h2-4,6-7,10,16-17H,1H2,(H,21,22)(H,23,24)(H2,11,12,13)(H2,18,19,20);2*4H,1-3H2/t4-,6-,7-,10-;;/m1../s1. The molecule has 0 saturated carbocycles. The lowest BCUT2D eigenvalue weighted by atomic mass is 10.1. The molecule has 25 heteroatoms. The summed E-state index contributed by atoms with van der Waals surface area (Å²) in [6, 6.07) is 0. The molecule has 2 aromatic heterocycles. The van der Waals surface area contributed by atoms with Gasteiger partial charge in [0.05, 0.1) is 39.2 Å². The van der Waals surface area contributed by atoms with Gasteiger partial charge in [-0.05, 0) is 0 Å². The summed E-state index contributed by atoms with van der Waals surface area (Å²) in [4.78, 5) is 51.1. The number of hydrogen-bond acceptors (Lipinski definition) is 17. The molecule has 14 N–H and O–H groups in total. The molecule has 226 valence electrons. The van der Waals surface area contributed by atoms with Crippen molar-refractivity contribution in [2.45, 2.75) is 24.5 Å². The maximum atomic E-state index is 11.7. The first-order chi connectivity index (χ1) is 18.0. The van der Waals surface area contributed by atoms with Crippen molar-refractivity contribution in [3.05, 3.63) is 12.7 Å². The van der Waals surface area contributed by atoms with Gasteiger partial charge in [0.15, 0.2) is 17.7 Å². The van der Waals surface area contributed by atoms with Crippen molar-refractivity contribution >= 4 is 40.4 Å². The number of phosphoric ester groups is 1. The highest BCUT2D eigenvalue weighted by Crippen LogP contribution is 2.64. The number of nitrogens with zero attached hydrogens (tertiary/aromatic N) is 4. The van der Waals surface area contributed by atoms with Gasteiger partial charge in [0.1, 0.15) is 30.2 Å². The highest BCUT2D eigenvalue weighted by Gasteiger charge is 2.45. The zero-order valence-electron chi connectivity index (χ0n) is 20.0.